The summed E-state index contributed by atoms with van der Waals surface area (Å²) in [5, 5.41) is 12.0. The quantitative estimate of drug-likeness (QED) is 0.709. The monoisotopic (exact) mass is 392 g/mol. The van der Waals surface area contributed by atoms with E-state index in [1.807, 2.05) is 0 Å². The molecule has 1 aliphatic rings. The van der Waals surface area contributed by atoms with Gasteiger partial charge < -0.3 is 15.2 Å². The highest BCUT2D eigenvalue weighted by Gasteiger charge is 2.29. The van der Waals surface area contributed by atoms with Crippen LogP contribution in [0.5, 0.6) is 5.75 Å². The molecule has 1 saturated heterocycles. The Balaban J connectivity index is 0.00000338. The average Bonchev–Trinajstić information content (AvgIpc) is 2.56. The largest absolute Gasteiger partial charge is 0.480 e. The molecule has 0 aromatic heterocycles. The number of carboxylic acids is 1. The van der Waals surface area contributed by atoms with Crippen molar-refractivity contribution in [3.8, 4) is 5.75 Å². The van der Waals surface area contributed by atoms with E-state index in [1.54, 1.807) is 17.0 Å². The van der Waals surface area contributed by atoms with E-state index in [2.05, 4.69) is 10.1 Å². The minimum absolute atomic E-state index is 0. The number of hydrogen-bond acceptors (Lipinski definition) is 4. The van der Waals surface area contributed by atoms with Crippen LogP contribution >= 0.6 is 12.4 Å². The lowest BCUT2D eigenvalue weighted by molar-refractivity contribution is -0.145. The van der Waals surface area contributed by atoms with Crippen molar-refractivity contribution in [1.82, 2.24) is 10.2 Å². The summed E-state index contributed by atoms with van der Waals surface area (Å²) in [6.07, 6.45) is 2.86. The zero-order chi connectivity index (χ0) is 18.2. The number of carbonyl (C=O) groups is 2. The van der Waals surface area contributed by atoms with Crippen molar-refractivity contribution in [2.24, 2.45) is 0 Å². The first kappa shape index (κ1) is 22.1. The van der Waals surface area contributed by atoms with Gasteiger partial charge in [0.05, 0.1) is 6.54 Å². The molecule has 0 spiro atoms. The lowest BCUT2D eigenvalue weighted by Gasteiger charge is -2.32. The first-order valence-electron chi connectivity index (χ1n) is 8.23. The van der Waals surface area contributed by atoms with E-state index in [9.17, 15) is 23.5 Å². The van der Waals surface area contributed by atoms with Gasteiger partial charge >= 0.3 is 12.6 Å². The number of carboxylic acid groups (broad SMARTS) is 1. The van der Waals surface area contributed by atoms with Crippen LogP contribution in [0, 0.1) is 0 Å². The maximum absolute atomic E-state index is 12.1. The van der Waals surface area contributed by atoms with Gasteiger partial charge in [0, 0.05) is 6.54 Å². The number of amides is 1. The number of alkyl halides is 2. The fraction of sp³-hybridized carbons (Fsp3) is 0.529. The van der Waals surface area contributed by atoms with Gasteiger partial charge in [-0.3, -0.25) is 14.5 Å². The fourth-order valence-electron chi connectivity index (χ4n) is 2.88. The predicted molar refractivity (Wildman–Crippen MR) is 93.9 cm³/mol. The van der Waals surface area contributed by atoms with Crippen molar-refractivity contribution >= 4 is 24.3 Å². The lowest BCUT2D eigenvalue weighted by atomic mass is 10.0. The van der Waals surface area contributed by atoms with Crippen LogP contribution in [0.25, 0.3) is 0 Å². The molecule has 1 unspecified atom stereocenters. The van der Waals surface area contributed by atoms with Crippen LogP contribution in [0.4, 0.5) is 8.78 Å². The summed E-state index contributed by atoms with van der Waals surface area (Å²) >= 11 is 0. The molecule has 1 aromatic rings. The van der Waals surface area contributed by atoms with Crippen molar-refractivity contribution in [1.29, 1.82) is 0 Å². The Kier molecular flexibility index (Phi) is 9.29. The number of nitrogens with zero attached hydrogens (tertiary/aromatic N) is 1. The molecule has 0 bridgehead atoms. The molecular weight excluding hydrogens is 370 g/mol. The third-order valence-corrected chi connectivity index (χ3v) is 4.13. The van der Waals surface area contributed by atoms with E-state index in [4.69, 9.17) is 0 Å². The maximum atomic E-state index is 12.1. The van der Waals surface area contributed by atoms with Gasteiger partial charge in [-0.05, 0) is 43.5 Å². The SMILES string of the molecule is Cl.O=C(CN1CCCCC1C(=O)O)NCCc1ccc(OC(F)F)cc1. The first-order valence-corrected chi connectivity index (χ1v) is 8.23. The van der Waals surface area contributed by atoms with E-state index in [-0.39, 0.29) is 30.6 Å². The Morgan fingerprint density at radius 3 is 2.58 bits per heavy atom. The summed E-state index contributed by atoms with van der Waals surface area (Å²) < 4.78 is 28.4. The molecule has 1 aromatic carbocycles. The van der Waals surface area contributed by atoms with Gasteiger partial charge in [0.1, 0.15) is 11.8 Å². The number of nitrogens with one attached hydrogen (secondary N) is 1. The molecule has 9 heteroatoms. The van der Waals surface area contributed by atoms with E-state index in [0.29, 0.717) is 25.9 Å². The summed E-state index contributed by atoms with van der Waals surface area (Å²) in [6.45, 7) is -1.79. The minimum Gasteiger partial charge on any atom is -0.480 e. The zero-order valence-electron chi connectivity index (χ0n) is 14.2. The summed E-state index contributed by atoms with van der Waals surface area (Å²) in [4.78, 5) is 24.9. The molecule has 0 aliphatic carbocycles. The molecule has 1 amide bonds. The molecule has 1 aliphatic heterocycles. The highest BCUT2D eigenvalue weighted by molar-refractivity contribution is 5.85. The third kappa shape index (κ3) is 7.13. The van der Waals surface area contributed by atoms with Gasteiger partial charge in [0.2, 0.25) is 5.91 Å². The standard InChI is InChI=1S/C17H22F2N2O4.ClH/c18-17(19)25-13-6-4-12(5-7-13)8-9-20-15(22)11-21-10-2-1-3-14(21)16(23)24;/h4-7,14,17H,1-3,8-11H2,(H,20,22)(H,23,24);1H. The molecular formula is C17H23ClF2N2O4. The molecule has 1 heterocycles. The average molecular weight is 393 g/mol. The van der Waals surface area contributed by atoms with Crippen LogP contribution in [-0.4, -0.2) is 54.2 Å². The molecule has 0 saturated carbocycles. The molecule has 26 heavy (non-hydrogen) atoms. The van der Waals surface area contributed by atoms with E-state index in [1.165, 1.54) is 12.1 Å². The highest BCUT2D eigenvalue weighted by atomic mass is 35.5. The number of carbonyl (C=O) groups excluding carboxylic acids is 1. The third-order valence-electron chi connectivity index (χ3n) is 4.13. The Morgan fingerprint density at radius 2 is 1.96 bits per heavy atom. The van der Waals surface area contributed by atoms with Crippen LogP contribution in [0.2, 0.25) is 0 Å². The molecule has 2 rings (SSSR count). The maximum Gasteiger partial charge on any atom is 0.387 e. The van der Waals surface area contributed by atoms with Crippen molar-refractivity contribution < 1.29 is 28.2 Å². The van der Waals surface area contributed by atoms with Gasteiger partial charge in [-0.1, -0.05) is 18.6 Å². The molecule has 146 valence electrons. The van der Waals surface area contributed by atoms with Crippen LogP contribution in [-0.2, 0) is 16.0 Å². The normalized spacial score (nSPS) is 17.4. The van der Waals surface area contributed by atoms with E-state index >= 15 is 0 Å². The lowest BCUT2D eigenvalue weighted by Crippen LogP contribution is -2.49. The molecule has 2 N–H and O–H groups in total. The molecule has 1 fully saturated rings. The zero-order valence-corrected chi connectivity index (χ0v) is 15.0. The van der Waals surface area contributed by atoms with Gasteiger partial charge in [0.15, 0.2) is 0 Å². The Bertz CT molecular complexity index is 587. The van der Waals surface area contributed by atoms with E-state index < -0.39 is 18.6 Å². The molecule has 6 nitrogen and oxygen atoms in total. The second-order valence-electron chi connectivity index (χ2n) is 5.94. The Labute approximate surface area is 156 Å². The number of piperidine rings is 1. The number of hydrogen-bond donors (Lipinski definition) is 2. The predicted octanol–water partition coefficient (Wildman–Crippen LogP) is 2.31. The number of benzene rings is 1. The summed E-state index contributed by atoms with van der Waals surface area (Å²) in [5.41, 5.74) is 0.878. The number of aliphatic carboxylic acids is 1. The van der Waals surface area contributed by atoms with Gasteiger partial charge in [-0.15, -0.1) is 12.4 Å². The van der Waals surface area contributed by atoms with Gasteiger partial charge in [0.25, 0.3) is 0 Å². The van der Waals surface area contributed by atoms with Crippen LogP contribution in [0.3, 0.4) is 0 Å². The molecule has 1 atom stereocenters. The van der Waals surface area contributed by atoms with Crippen molar-refractivity contribution in [3.63, 3.8) is 0 Å². The summed E-state index contributed by atoms with van der Waals surface area (Å²) in [6, 6.07) is 5.63. The van der Waals surface area contributed by atoms with Crippen molar-refractivity contribution in [2.75, 3.05) is 19.6 Å². The smallest absolute Gasteiger partial charge is 0.387 e. The summed E-state index contributed by atoms with van der Waals surface area (Å²) in [7, 11) is 0. The van der Waals surface area contributed by atoms with Gasteiger partial charge in [-0.2, -0.15) is 8.78 Å². The fourth-order valence-corrected chi connectivity index (χ4v) is 2.88. The van der Waals surface area contributed by atoms with Crippen LogP contribution < -0.4 is 10.1 Å². The van der Waals surface area contributed by atoms with Crippen LogP contribution in [0.1, 0.15) is 24.8 Å². The highest BCUT2D eigenvalue weighted by Crippen LogP contribution is 2.17. The Hall–Kier alpha value is -1.93. The van der Waals surface area contributed by atoms with Crippen LogP contribution in [0.15, 0.2) is 24.3 Å². The number of likely N-dealkylation sites (tertiary alicyclic amines) is 1. The second kappa shape index (κ2) is 10.9. The van der Waals surface area contributed by atoms with E-state index in [0.717, 1.165) is 18.4 Å². The van der Waals surface area contributed by atoms with Gasteiger partial charge in [-0.25, -0.2) is 0 Å². The second-order valence-corrected chi connectivity index (χ2v) is 5.94. The number of halogens is 3. The summed E-state index contributed by atoms with van der Waals surface area (Å²) in [5.74, 6) is -1.02. The molecule has 0 radical (unpaired) electrons. The minimum atomic E-state index is -2.85. The Morgan fingerprint density at radius 1 is 1.27 bits per heavy atom. The topological polar surface area (TPSA) is 78.9 Å². The van der Waals surface area contributed by atoms with Crippen molar-refractivity contribution in [3.05, 3.63) is 29.8 Å². The van der Waals surface area contributed by atoms with Crippen molar-refractivity contribution in [2.45, 2.75) is 38.3 Å². The number of ether oxygens (including phenoxy) is 1. The first-order chi connectivity index (χ1) is 12.0. The number of rotatable bonds is 8.